The number of piperazine rings is 1. The first kappa shape index (κ1) is 9.77. The summed E-state index contributed by atoms with van der Waals surface area (Å²) >= 11 is 0. The summed E-state index contributed by atoms with van der Waals surface area (Å²) in [7, 11) is 1.70. The molecule has 0 aromatic heterocycles. The molecule has 0 radical (unpaired) electrons. The van der Waals surface area contributed by atoms with Crippen LogP contribution in [0, 0.1) is 0 Å². The van der Waals surface area contributed by atoms with Gasteiger partial charge in [0.1, 0.15) is 0 Å². The first-order valence-corrected chi connectivity index (χ1v) is 5.52. The summed E-state index contributed by atoms with van der Waals surface area (Å²) in [6, 6.07) is 0.889. The van der Waals surface area contributed by atoms with Gasteiger partial charge in [0, 0.05) is 39.3 Å². The van der Waals surface area contributed by atoms with E-state index in [2.05, 4.69) is 10.2 Å². The van der Waals surface area contributed by atoms with E-state index in [9.17, 15) is 4.79 Å². The van der Waals surface area contributed by atoms with Crippen LogP contribution in [0.4, 0.5) is 4.79 Å². The molecular weight excluding hydrogens is 178 g/mol. The van der Waals surface area contributed by atoms with Crippen molar-refractivity contribution in [3.63, 3.8) is 0 Å². The molecule has 80 valence electrons. The van der Waals surface area contributed by atoms with Crippen LogP contribution in [0.5, 0.6) is 0 Å². The van der Waals surface area contributed by atoms with Crippen LogP contribution >= 0.6 is 0 Å². The smallest absolute Gasteiger partial charge is 0.317 e. The van der Waals surface area contributed by atoms with Crippen LogP contribution in [0.3, 0.4) is 0 Å². The molecule has 2 amide bonds. The van der Waals surface area contributed by atoms with E-state index in [0.717, 1.165) is 32.2 Å². The largest absolute Gasteiger partial charge is 0.341 e. The van der Waals surface area contributed by atoms with E-state index in [-0.39, 0.29) is 6.03 Å². The molecule has 4 heteroatoms. The predicted molar refractivity (Wildman–Crippen MR) is 55.2 cm³/mol. The molecule has 1 saturated heterocycles. The van der Waals surface area contributed by atoms with Crippen LogP contribution in [0.1, 0.15) is 19.3 Å². The number of hydrogen-bond acceptors (Lipinski definition) is 2. The summed E-state index contributed by atoms with van der Waals surface area (Å²) < 4.78 is 0. The summed E-state index contributed by atoms with van der Waals surface area (Å²) in [5.41, 5.74) is 0. The molecule has 1 heterocycles. The minimum absolute atomic E-state index is 0.0678. The van der Waals surface area contributed by atoms with E-state index >= 15 is 0 Å². The maximum atomic E-state index is 11.3. The molecule has 0 aromatic carbocycles. The first-order valence-electron chi connectivity index (χ1n) is 5.52. The Morgan fingerprint density at radius 1 is 1.21 bits per heavy atom. The number of amides is 2. The monoisotopic (exact) mass is 197 g/mol. The van der Waals surface area contributed by atoms with Gasteiger partial charge in [-0.05, 0) is 12.8 Å². The van der Waals surface area contributed by atoms with Gasteiger partial charge in [0.05, 0.1) is 0 Å². The van der Waals surface area contributed by atoms with E-state index < -0.39 is 0 Å². The molecule has 2 fully saturated rings. The van der Waals surface area contributed by atoms with Gasteiger partial charge in [0.15, 0.2) is 0 Å². The topological polar surface area (TPSA) is 35.6 Å². The zero-order valence-electron chi connectivity index (χ0n) is 8.83. The second-order valence-corrected chi connectivity index (χ2v) is 4.16. The maximum Gasteiger partial charge on any atom is 0.317 e. The van der Waals surface area contributed by atoms with Crippen LogP contribution in [-0.2, 0) is 0 Å². The van der Waals surface area contributed by atoms with E-state index in [1.165, 1.54) is 19.3 Å². The number of urea groups is 1. The Morgan fingerprint density at radius 2 is 1.86 bits per heavy atom. The van der Waals surface area contributed by atoms with Gasteiger partial charge in [-0.3, -0.25) is 4.90 Å². The van der Waals surface area contributed by atoms with Crippen LogP contribution in [0.2, 0.25) is 0 Å². The first-order chi connectivity index (χ1) is 6.81. The van der Waals surface area contributed by atoms with Crippen molar-refractivity contribution in [1.82, 2.24) is 15.1 Å². The van der Waals surface area contributed by atoms with Crippen LogP contribution < -0.4 is 5.32 Å². The van der Waals surface area contributed by atoms with Crippen LogP contribution in [-0.4, -0.2) is 55.1 Å². The van der Waals surface area contributed by atoms with Crippen molar-refractivity contribution < 1.29 is 4.79 Å². The summed E-state index contributed by atoms with van der Waals surface area (Å²) in [5.74, 6) is 0. The average Bonchev–Trinajstić information content (AvgIpc) is 2.15. The van der Waals surface area contributed by atoms with Gasteiger partial charge in [0.25, 0.3) is 0 Å². The quantitative estimate of drug-likeness (QED) is 0.664. The van der Waals surface area contributed by atoms with Crippen molar-refractivity contribution in [2.24, 2.45) is 0 Å². The number of rotatable bonds is 1. The van der Waals surface area contributed by atoms with Crippen molar-refractivity contribution in [2.45, 2.75) is 25.3 Å². The van der Waals surface area contributed by atoms with Crippen molar-refractivity contribution in [3.05, 3.63) is 0 Å². The second kappa shape index (κ2) is 4.17. The van der Waals surface area contributed by atoms with Gasteiger partial charge in [-0.1, -0.05) is 6.42 Å². The fourth-order valence-electron chi connectivity index (χ4n) is 2.20. The Bertz CT molecular complexity index is 207. The Kier molecular flexibility index (Phi) is 2.91. The third-order valence-corrected chi connectivity index (χ3v) is 3.41. The van der Waals surface area contributed by atoms with E-state index in [1.54, 1.807) is 7.05 Å². The van der Waals surface area contributed by atoms with E-state index in [0.29, 0.717) is 0 Å². The fraction of sp³-hybridized carbons (Fsp3) is 0.900. The van der Waals surface area contributed by atoms with Crippen LogP contribution in [0.15, 0.2) is 0 Å². The minimum Gasteiger partial charge on any atom is -0.341 e. The third-order valence-electron chi connectivity index (χ3n) is 3.41. The molecular formula is C10H19N3O. The molecule has 4 nitrogen and oxygen atoms in total. The molecule has 14 heavy (non-hydrogen) atoms. The lowest BCUT2D eigenvalue weighted by molar-refractivity contribution is 0.0734. The van der Waals surface area contributed by atoms with E-state index in [4.69, 9.17) is 0 Å². The normalized spacial score (nSPS) is 24.5. The Hall–Kier alpha value is -0.770. The van der Waals surface area contributed by atoms with Crippen molar-refractivity contribution in [3.8, 4) is 0 Å². The summed E-state index contributed by atoms with van der Waals surface area (Å²) in [5, 5.41) is 2.68. The average molecular weight is 197 g/mol. The summed E-state index contributed by atoms with van der Waals surface area (Å²) in [6.45, 7) is 3.88. The Morgan fingerprint density at radius 3 is 2.29 bits per heavy atom. The van der Waals surface area contributed by atoms with Gasteiger partial charge in [-0.25, -0.2) is 4.79 Å². The molecule has 0 spiro atoms. The third kappa shape index (κ3) is 1.85. The highest BCUT2D eigenvalue weighted by Crippen LogP contribution is 2.25. The Balaban J connectivity index is 1.76. The molecule has 2 rings (SSSR count). The zero-order chi connectivity index (χ0) is 9.97. The fourth-order valence-corrected chi connectivity index (χ4v) is 2.20. The number of nitrogens with one attached hydrogen (secondary N) is 1. The van der Waals surface area contributed by atoms with Gasteiger partial charge < -0.3 is 10.2 Å². The number of carbonyl (C=O) groups is 1. The number of nitrogens with zero attached hydrogens (tertiary/aromatic N) is 2. The highest BCUT2D eigenvalue weighted by atomic mass is 16.2. The van der Waals surface area contributed by atoms with Crippen LogP contribution in [0.25, 0.3) is 0 Å². The standard InChI is InChI=1S/C10H19N3O/c1-11-10(14)13-7-5-12(6-8-13)9-3-2-4-9/h9H,2-8H2,1H3,(H,11,14). The molecule has 1 aliphatic carbocycles. The molecule has 0 aromatic rings. The lowest BCUT2D eigenvalue weighted by Gasteiger charge is -2.42. The lowest BCUT2D eigenvalue weighted by atomic mass is 9.91. The van der Waals surface area contributed by atoms with Crippen molar-refractivity contribution in [1.29, 1.82) is 0 Å². The molecule has 2 aliphatic rings. The SMILES string of the molecule is CNC(=O)N1CCN(C2CCC2)CC1. The number of hydrogen-bond donors (Lipinski definition) is 1. The molecule has 1 N–H and O–H groups in total. The van der Waals surface area contributed by atoms with Gasteiger partial charge in [-0.15, -0.1) is 0 Å². The maximum absolute atomic E-state index is 11.3. The lowest BCUT2D eigenvalue weighted by Crippen LogP contribution is -2.55. The van der Waals surface area contributed by atoms with Crippen molar-refractivity contribution >= 4 is 6.03 Å². The summed E-state index contributed by atoms with van der Waals surface area (Å²) in [4.78, 5) is 15.8. The van der Waals surface area contributed by atoms with Gasteiger partial charge in [-0.2, -0.15) is 0 Å². The molecule has 1 saturated carbocycles. The summed E-state index contributed by atoms with van der Waals surface area (Å²) in [6.07, 6.45) is 4.11. The predicted octanol–water partition coefficient (Wildman–Crippen LogP) is 0.496. The molecule has 0 atom stereocenters. The minimum atomic E-state index is 0.0678. The highest BCUT2D eigenvalue weighted by molar-refractivity contribution is 5.73. The second-order valence-electron chi connectivity index (χ2n) is 4.16. The molecule has 0 bridgehead atoms. The highest BCUT2D eigenvalue weighted by Gasteiger charge is 2.28. The van der Waals surface area contributed by atoms with Gasteiger partial charge >= 0.3 is 6.03 Å². The molecule has 0 unspecified atom stereocenters. The Labute approximate surface area is 85.2 Å². The van der Waals surface area contributed by atoms with E-state index in [1.807, 2.05) is 4.90 Å². The number of carbonyl (C=O) groups excluding carboxylic acids is 1. The van der Waals surface area contributed by atoms with Crippen molar-refractivity contribution in [2.75, 3.05) is 33.2 Å². The van der Waals surface area contributed by atoms with Gasteiger partial charge in [0.2, 0.25) is 0 Å². The zero-order valence-corrected chi connectivity index (χ0v) is 8.83. The molecule has 1 aliphatic heterocycles.